The molecule has 288 valence electrons. The smallest absolute Gasteiger partial charge is 0.446 e. The summed E-state index contributed by atoms with van der Waals surface area (Å²) in [5, 5.41) is 54.9. The first kappa shape index (κ1) is 36.8. The van der Waals surface area contributed by atoms with Crippen molar-refractivity contribution in [2.24, 2.45) is 0 Å². The van der Waals surface area contributed by atoms with Crippen molar-refractivity contribution in [3.63, 3.8) is 0 Å². The van der Waals surface area contributed by atoms with Gasteiger partial charge >= 0.3 is 16.4 Å². The first-order chi connectivity index (χ1) is 27.3. The molecule has 1 unspecified atom stereocenters. The van der Waals surface area contributed by atoms with Crippen LogP contribution in [-0.2, 0) is 32.9 Å². The molecule has 8 aromatic rings. The number of aromatic nitrogens is 2. The van der Waals surface area contributed by atoms with Gasteiger partial charge in [-0.15, -0.1) is 0 Å². The van der Waals surface area contributed by atoms with Crippen molar-refractivity contribution >= 4 is 49.1 Å². The molecule has 0 spiro atoms. The van der Waals surface area contributed by atoms with Crippen LogP contribution in [0.5, 0.6) is 34.5 Å². The van der Waals surface area contributed by atoms with Gasteiger partial charge in [0.1, 0.15) is 34.7 Å². The summed E-state index contributed by atoms with van der Waals surface area (Å²) in [6.07, 6.45) is 0.365. The van der Waals surface area contributed by atoms with Crippen LogP contribution in [-0.4, -0.2) is 61.1 Å². The van der Waals surface area contributed by atoms with E-state index in [0.29, 0.717) is 56.0 Å². The Morgan fingerprint density at radius 2 is 1.25 bits per heavy atom. The van der Waals surface area contributed by atoms with Gasteiger partial charge in [0.25, 0.3) is 0 Å². The van der Waals surface area contributed by atoms with E-state index in [-0.39, 0.29) is 57.6 Å². The second-order valence-electron chi connectivity index (χ2n) is 13.5. The summed E-state index contributed by atoms with van der Waals surface area (Å²) >= 11 is 0. The number of methoxy groups -OCH3 is 1. The number of para-hydroxylation sites is 1. The Hall–Kier alpha value is -7.16. The van der Waals surface area contributed by atoms with Gasteiger partial charge in [-0.2, -0.15) is 8.42 Å². The number of esters is 1. The number of aryl methyl sites for hydroxylation is 2. The number of nitrogens with zero attached hydrogens (tertiary/aromatic N) is 1. The summed E-state index contributed by atoms with van der Waals surface area (Å²) in [6, 6.07) is 29.9. The zero-order valence-electron chi connectivity index (χ0n) is 30.0. The first-order valence-corrected chi connectivity index (χ1v) is 18.9. The maximum atomic E-state index is 14.3. The van der Waals surface area contributed by atoms with E-state index in [1.807, 2.05) is 4.57 Å². The molecule has 2 heterocycles. The fraction of sp³-hybridized carbons (Fsp3) is 0.0930. The Kier molecular flexibility index (Phi) is 9.14. The zero-order valence-corrected chi connectivity index (χ0v) is 30.9. The molecule has 1 atom stereocenters. The van der Waals surface area contributed by atoms with Crippen molar-refractivity contribution < 1.29 is 52.2 Å². The number of phenolic OH excluding ortho intramolecular Hbond substituents is 5. The third-order valence-corrected chi connectivity index (χ3v) is 10.5. The largest absolute Gasteiger partial charge is 0.508 e. The molecule has 0 fully saturated rings. The number of hydrogen-bond acceptors (Lipinski definition) is 10. The van der Waals surface area contributed by atoms with E-state index < -0.39 is 22.3 Å². The van der Waals surface area contributed by atoms with E-state index in [2.05, 4.69) is 4.98 Å². The highest BCUT2D eigenvalue weighted by molar-refractivity contribution is 7.81. The summed E-state index contributed by atoms with van der Waals surface area (Å²) in [5.41, 5.74) is 4.24. The molecule has 8 rings (SSSR count). The number of aromatic amines is 1. The van der Waals surface area contributed by atoms with Gasteiger partial charge in [-0.1, -0.05) is 60.7 Å². The Balaban J connectivity index is 1.63. The fourth-order valence-electron chi connectivity index (χ4n) is 7.64. The second-order valence-corrected chi connectivity index (χ2v) is 14.5. The quantitative estimate of drug-likeness (QED) is 0.0524. The number of fused-ring (bicyclic) bond motifs is 5. The van der Waals surface area contributed by atoms with Gasteiger partial charge in [-0.25, -0.2) is 0 Å². The highest BCUT2D eigenvalue weighted by atomic mass is 32.3. The van der Waals surface area contributed by atoms with Crippen LogP contribution in [0.3, 0.4) is 0 Å². The van der Waals surface area contributed by atoms with Crippen molar-refractivity contribution in [1.82, 2.24) is 9.55 Å². The Bertz CT molecular complexity index is 2940. The normalized spacial score (nSPS) is 12.3. The highest BCUT2D eigenvalue weighted by Gasteiger charge is 2.36. The topological polar surface area (TPSA) is 212 Å². The van der Waals surface area contributed by atoms with E-state index >= 15 is 0 Å². The van der Waals surface area contributed by atoms with Crippen molar-refractivity contribution in [2.45, 2.75) is 18.9 Å². The predicted molar refractivity (Wildman–Crippen MR) is 213 cm³/mol. The molecule has 0 aliphatic carbocycles. The number of rotatable bonds is 10. The number of ether oxygens (including phenoxy) is 1. The minimum atomic E-state index is -4.98. The molecule has 14 heteroatoms. The number of hydrogen-bond donors (Lipinski definition) is 7. The molecule has 13 nitrogen and oxygen atoms in total. The number of aromatic hydroxyl groups is 5. The molecule has 57 heavy (non-hydrogen) atoms. The number of benzene rings is 6. The van der Waals surface area contributed by atoms with Crippen molar-refractivity contribution in [3.8, 4) is 56.8 Å². The molecule has 0 saturated heterocycles. The van der Waals surface area contributed by atoms with Crippen molar-refractivity contribution in [3.05, 3.63) is 132 Å². The minimum absolute atomic E-state index is 0.0221. The lowest BCUT2D eigenvalue weighted by molar-refractivity contribution is -0.141. The predicted octanol–water partition coefficient (Wildman–Crippen LogP) is 7.87. The lowest BCUT2D eigenvalue weighted by atomic mass is 9.88. The van der Waals surface area contributed by atoms with Gasteiger partial charge in [0.15, 0.2) is 5.75 Å². The van der Waals surface area contributed by atoms with Crippen molar-refractivity contribution in [2.75, 3.05) is 7.11 Å². The molecule has 0 saturated carbocycles. The molecular formula is C43H34N2O11S. The minimum Gasteiger partial charge on any atom is -0.508 e. The van der Waals surface area contributed by atoms with Crippen LogP contribution in [0.25, 0.3) is 55.0 Å². The van der Waals surface area contributed by atoms with Gasteiger partial charge in [0.2, 0.25) is 0 Å². The summed E-state index contributed by atoms with van der Waals surface area (Å²) < 4.78 is 46.1. The van der Waals surface area contributed by atoms with Gasteiger partial charge in [0.05, 0.1) is 29.2 Å². The molecular weight excluding hydrogens is 753 g/mol. The Morgan fingerprint density at radius 1 is 0.702 bits per heavy atom. The van der Waals surface area contributed by atoms with Crippen LogP contribution in [0.15, 0.2) is 115 Å². The number of H-pyrrole nitrogens is 1. The van der Waals surface area contributed by atoms with Gasteiger partial charge in [-0.3, -0.25) is 9.35 Å². The van der Waals surface area contributed by atoms with Crippen LogP contribution in [0.2, 0.25) is 0 Å². The van der Waals surface area contributed by atoms with E-state index in [0.717, 1.165) is 5.56 Å². The van der Waals surface area contributed by atoms with E-state index in [9.17, 15) is 43.3 Å². The monoisotopic (exact) mass is 786 g/mol. The van der Waals surface area contributed by atoms with Crippen LogP contribution in [0.1, 0.15) is 22.7 Å². The highest BCUT2D eigenvalue weighted by Crippen LogP contribution is 2.53. The number of nitrogens with one attached hydrogen (secondary N) is 1. The molecule has 0 amide bonds. The first-order valence-electron chi connectivity index (χ1n) is 17.6. The maximum Gasteiger partial charge on any atom is 0.446 e. The van der Waals surface area contributed by atoms with Gasteiger partial charge in [0, 0.05) is 34.0 Å². The fourth-order valence-corrected chi connectivity index (χ4v) is 8.00. The third-order valence-electron chi connectivity index (χ3n) is 10.1. The summed E-state index contributed by atoms with van der Waals surface area (Å²) in [4.78, 5) is 17.4. The van der Waals surface area contributed by atoms with Gasteiger partial charge in [-0.05, 0) is 83.3 Å². The van der Waals surface area contributed by atoms with Crippen LogP contribution in [0.4, 0.5) is 0 Å². The van der Waals surface area contributed by atoms with E-state index in [1.54, 1.807) is 66.7 Å². The van der Waals surface area contributed by atoms with Crippen LogP contribution >= 0.6 is 0 Å². The van der Waals surface area contributed by atoms with Crippen LogP contribution < -0.4 is 4.18 Å². The molecule has 6 aromatic carbocycles. The standard InChI is InChI=1S/C43H34N2O11S/c1-55-43(51)35(26-11-19-30(49)20-12-26)40-33(24-7-15-28(47)16-8-24)37-36-31-3-2-4-32(56-57(52,53)54)38(31)44-39(36)42(50)34(25-9-17-29(48)18-10-25)41(37)45(40)22-21-23-5-13-27(46)14-6-23/h2-20,35,44,46-50H,21-22H2,1H3,(H,52,53,54). The zero-order chi connectivity index (χ0) is 40.2. The number of carbonyl (C=O) groups is 1. The second kappa shape index (κ2) is 14.2. The molecule has 0 bridgehead atoms. The summed E-state index contributed by atoms with van der Waals surface area (Å²) in [6.45, 7) is 0.190. The van der Waals surface area contributed by atoms with Crippen LogP contribution in [0, 0.1) is 0 Å². The Morgan fingerprint density at radius 3 is 1.81 bits per heavy atom. The molecule has 0 aliphatic rings. The summed E-state index contributed by atoms with van der Waals surface area (Å²) in [7, 11) is -3.72. The maximum absolute atomic E-state index is 14.3. The lowest BCUT2D eigenvalue weighted by Gasteiger charge is -2.22. The lowest BCUT2D eigenvalue weighted by Crippen LogP contribution is -2.21. The average Bonchev–Trinajstić information content (AvgIpc) is 3.73. The SMILES string of the molecule is COC(=O)C(c1ccc(O)cc1)c1c(-c2ccc(O)cc2)c2c3c([nH]c4c(OS(=O)(=O)O)cccc43)c(O)c(-c3ccc(O)cc3)c2n1CCc1ccc(O)cc1. The van der Waals surface area contributed by atoms with E-state index in [4.69, 9.17) is 8.92 Å². The summed E-state index contributed by atoms with van der Waals surface area (Å²) in [5.74, 6) is -2.31. The molecule has 0 aliphatic heterocycles. The molecule has 7 N–H and O–H groups in total. The van der Waals surface area contributed by atoms with E-state index in [1.165, 1.54) is 55.6 Å². The number of phenols is 5. The molecule has 2 aromatic heterocycles. The third kappa shape index (κ3) is 6.66. The number of carbonyl (C=O) groups excluding carboxylic acids is 1. The Labute approximate surface area is 324 Å². The van der Waals surface area contributed by atoms with Crippen molar-refractivity contribution in [1.29, 1.82) is 0 Å². The average molecular weight is 787 g/mol. The molecule has 0 radical (unpaired) electrons. The van der Waals surface area contributed by atoms with Gasteiger partial charge < -0.3 is 44.0 Å².